The first-order chi connectivity index (χ1) is 8.79. The summed E-state index contributed by atoms with van der Waals surface area (Å²) in [7, 11) is 0. The van der Waals surface area contributed by atoms with Crippen molar-refractivity contribution in [1.29, 1.82) is 0 Å². The largest absolute Gasteiger partial charge is 0.466 e. The van der Waals surface area contributed by atoms with Gasteiger partial charge in [-0.25, -0.2) is 0 Å². The average molecular weight is 248 g/mol. The first-order valence-corrected chi connectivity index (χ1v) is 6.58. The van der Waals surface area contributed by atoms with Crippen LogP contribution in [0.1, 0.15) is 25.5 Å². The number of esters is 1. The molecule has 0 aromatic carbocycles. The molecule has 1 aromatic heterocycles. The van der Waals surface area contributed by atoms with E-state index in [0.717, 1.165) is 38.2 Å². The van der Waals surface area contributed by atoms with Crippen molar-refractivity contribution in [1.82, 2.24) is 9.88 Å². The third-order valence-corrected chi connectivity index (χ3v) is 3.24. The summed E-state index contributed by atoms with van der Waals surface area (Å²) in [4.78, 5) is 18.3. The summed E-state index contributed by atoms with van der Waals surface area (Å²) in [5, 5.41) is 0. The number of likely N-dealkylation sites (tertiary alicyclic amines) is 1. The number of rotatable bonds is 4. The highest BCUT2D eigenvalue weighted by molar-refractivity contribution is 5.72. The summed E-state index contributed by atoms with van der Waals surface area (Å²) < 4.78 is 5.10. The molecule has 0 bridgehead atoms. The SMILES string of the molecule is CCOC(=O)C1CCCN(Cc2ccccn2)C1. The number of piperidine rings is 1. The van der Waals surface area contributed by atoms with Crippen molar-refractivity contribution >= 4 is 5.97 Å². The Hall–Kier alpha value is -1.42. The van der Waals surface area contributed by atoms with Gasteiger partial charge in [0, 0.05) is 19.3 Å². The van der Waals surface area contributed by atoms with Crippen molar-refractivity contribution in [3.05, 3.63) is 30.1 Å². The number of nitrogens with zero attached hydrogens (tertiary/aromatic N) is 2. The molecule has 1 aromatic rings. The van der Waals surface area contributed by atoms with E-state index < -0.39 is 0 Å². The molecule has 1 saturated heterocycles. The maximum atomic E-state index is 11.7. The highest BCUT2D eigenvalue weighted by Gasteiger charge is 2.26. The van der Waals surface area contributed by atoms with E-state index >= 15 is 0 Å². The molecule has 0 amide bonds. The van der Waals surface area contributed by atoms with Gasteiger partial charge in [0.1, 0.15) is 0 Å². The Kier molecular flexibility index (Phi) is 4.70. The van der Waals surface area contributed by atoms with Crippen LogP contribution in [0.15, 0.2) is 24.4 Å². The van der Waals surface area contributed by atoms with Gasteiger partial charge < -0.3 is 4.74 Å². The van der Waals surface area contributed by atoms with E-state index in [2.05, 4.69) is 9.88 Å². The van der Waals surface area contributed by atoms with Crippen LogP contribution in [-0.2, 0) is 16.1 Å². The van der Waals surface area contributed by atoms with Gasteiger partial charge >= 0.3 is 5.97 Å². The standard InChI is InChI=1S/C14H20N2O2/c1-2-18-14(17)12-6-5-9-16(10-12)11-13-7-3-4-8-15-13/h3-4,7-8,12H,2,5-6,9-11H2,1H3. The van der Waals surface area contributed by atoms with Crippen LogP contribution in [0.25, 0.3) is 0 Å². The first kappa shape index (κ1) is 13.0. The lowest BCUT2D eigenvalue weighted by Gasteiger charge is -2.31. The molecule has 4 heteroatoms. The summed E-state index contributed by atoms with van der Waals surface area (Å²) in [5.41, 5.74) is 1.06. The Balaban J connectivity index is 1.89. The quantitative estimate of drug-likeness (QED) is 0.763. The van der Waals surface area contributed by atoms with Gasteiger partial charge in [-0.2, -0.15) is 0 Å². The second kappa shape index (κ2) is 6.50. The molecule has 1 fully saturated rings. The van der Waals surface area contributed by atoms with Crippen LogP contribution >= 0.6 is 0 Å². The average Bonchev–Trinajstić information content (AvgIpc) is 2.40. The van der Waals surface area contributed by atoms with Gasteiger partial charge in [0.05, 0.1) is 18.2 Å². The zero-order chi connectivity index (χ0) is 12.8. The minimum Gasteiger partial charge on any atom is -0.466 e. The van der Waals surface area contributed by atoms with Crippen molar-refractivity contribution < 1.29 is 9.53 Å². The predicted octanol–water partition coefficient (Wildman–Crippen LogP) is 1.86. The molecule has 0 radical (unpaired) electrons. The van der Waals surface area contributed by atoms with Gasteiger partial charge in [-0.3, -0.25) is 14.7 Å². The van der Waals surface area contributed by atoms with Gasteiger partial charge in [0.15, 0.2) is 0 Å². The summed E-state index contributed by atoms with van der Waals surface area (Å²) in [6.45, 7) is 4.96. The number of pyridine rings is 1. The Morgan fingerprint density at radius 3 is 3.17 bits per heavy atom. The molecule has 0 saturated carbocycles. The molecular weight excluding hydrogens is 228 g/mol. The topological polar surface area (TPSA) is 42.4 Å². The first-order valence-electron chi connectivity index (χ1n) is 6.58. The Morgan fingerprint density at radius 2 is 2.44 bits per heavy atom. The van der Waals surface area contributed by atoms with Crippen molar-refractivity contribution in [2.75, 3.05) is 19.7 Å². The zero-order valence-corrected chi connectivity index (χ0v) is 10.8. The summed E-state index contributed by atoms with van der Waals surface area (Å²) in [5.74, 6) is -0.0226. The molecule has 1 unspecified atom stereocenters. The maximum Gasteiger partial charge on any atom is 0.310 e. The molecular formula is C14H20N2O2. The van der Waals surface area contributed by atoms with E-state index in [-0.39, 0.29) is 11.9 Å². The molecule has 0 N–H and O–H groups in total. The van der Waals surface area contributed by atoms with Crippen LogP contribution in [0, 0.1) is 5.92 Å². The predicted molar refractivity (Wildman–Crippen MR) is 68.9 cm³/mol. The summed E-state index contributed by atoms with van der Waals surface area (Å²) in [6.07, 6.45) is 3.80. The maximum absolute atomic E-state index is 11.7. The molecule has 1 aliphatic heterocycles. The number of hydrogen-bond donors (Lipinski definition) is 0. The molecule has 1 atom stereocenters. The zero-order valence-electron chi connectivity index (χ0n) is 10.8. The molecule has 18 heavy (non-hydrogen) atoms. The van der Waals surface area contributed by atoms with Crippen LogP contribution in [0.3, 0.4) is 0 Å². The fourth-order valence-corrected chi connectivity index (χ4v) is 2.37. The fraction of sp³-hybridized carbons (Fsp3) is 0.571. The minimum absolute atomic E-state index is 0.0300. The number of carbonyl (C=O) groups excluding carboxylic acids is 1. The number of hydrogen-bond acceptors (Lipinski definition) is 4. The van der Waals surface area contributed by atoms with Gasteiger partial charge in [0.2, 0.25) is 0 Å². The van der Waals surface area contributed by atoms with Crippen LogP contribution in [0.5, 0.6) is 0 Å². The van der Waals surface area contributed by atoms with Gasteiger partial charge in [-0.1, -0.05) is 6.07 Å². The van der Waals surface area contributed by atoms with Crippen LogP contribution in [-0.4, -0.2) is 35.5 Å². The molecule has 2 heterocycles. The van der Waals surface area contributed by atoms with E-state index in [1.165, 1.54) is 0 Å². The molecule has 0 spiro atoms. The molecule has 0 aliphatic carbocycles. The van der Waals surface area contributed by atoms with Gasteiger partial charge in [-0.05, 0) is 38.4 Å². The van der Waals surface area contributed by atoms with Crippen LogP contribution in [0.2, 0.25) is 0 Å². The van der Waals surface area contributed by atoms with Crippen molar-refractivity contribution in [2.45, 2.75) is 26.3 Å². The molecule has 4 nitrogen and oxygen atoms in total. The van der Waals surface area contributed by atoms with Crippen molar-refractivity contribution in [3.63, 3.8) is 0 Å². The normalized spacial score (nSPS) is 20.6. The monoisotopic (exact) mass is 248 g/mol. The van der Waals surface area contributed by atoms with E-state index in [1.54, 1.807) is 0 Å². The third-order valence-electron chi connectivity index (χ3n) is 3.24. The summed E-state index contributed by atoms with van der Waals surface area (Å²) in [6, 6.07) is 5.93. The highest BCUT2D eigenvalue weighted by atomic mass is 16.5. The molecule has 98 valence electrons. The highest BCUT2D eigenvalue weighted by Crippen LogP contribution is 2.19. The van der Waals surface area contributed by atoms with Gasteiger partial charge in [-0.15, -0.1) is 0 Å². The number of aromatic nitrogens is 1. The fourth-order valence-electron chi connectivity index (χ4n) is 2.37. The van der Waals surface area contributed by atoms with Crippen LogP contribution in [0.4, 0.5) is 0 Å². The summed E-state index contributed by atoms with van der Waals surface area (Å²) >= 11 is 0. The lowest BCUT2D eigenvalue weighted by Crippen LogP contribution is -2.39. The molecule has 2 rings (SSSR count). The van der Waals surface area contributed by atoms with Crippen molar-refractivity contribution in [2.24, 2.45) is 5.92 Å². The Labute approximate surface area is 108 Å². The number of carbonyl (C=O) groups is 1. The smallest absolute Gasteiger partial charge is 0.310 e. The lowest BCUT2D eigenvalue weighted by molar-refractivity contribution is -0.150. The Bertz CT molecular complexity index is 381. The van der Waals surface area contributed by atoms with Crippen molar-refractivity contribution in [3.8, 4) is 0 Å². The lowest BCUT2D eigenvalue weighted by atomic mass is 9.98. The number of ether oxygens (including phenoxy) is 1. The molecule has 1 aliphatic rings. The Morgan fingerprint density at radius 1 is 1.56 bits per heavy atom. The van der Waals surface area contributed by atoms with E-state index in [1.807, 2.05) is 31.3 Å². The van der Waals surface area contributed by atoms with E-state index in [0.29, 0.717) is 6.61 Å². The third kappa shape index (κ3) is 3.53. The second-order valence-electron chi connectivity index (χ2n) is 4.65. The van der Waals surface area contributed by atoms with Gasteiger partial charge in [0.25, 0.3) is 0 Å². The van der Waals surface area contributed by atoms with Crippen LogP contribution < -0.4 is 0 Å². The minimum atomic E-state index is -0.0526. The second-order valence-corrected chi connectivity index (χ2v) is 4.65. The van der Waals surface area contributed by atoms with E-state index in [4.69, 9.17) is 4.74 Å². The van der Waals surface area contributed by atoms with E-state index in [9.17, 15) is 4.79 Å².